The molecule has 0 atom stereocenters. The van der Waals surface area contributed by atoms with Crippen molar-refractivity contribution in [3.05, 3.63) is 54.8 Å². The van der Waals surface area contributed by atoms with E-state index in [4.69, 9.17) is 46.4 Å². The lowest BCUT2D eigenvalue weighted by Gasteiger charge is -2.06. The van der Waals surface area contributed by atoms with Gasteiger partial charge in [-0.2, -0.15) is 0 Å². The van der Waals surface area contributed by atoms with Gasteiger partial charge in [-0.15, -0.1) is 0 Å². The molecule has 0 saturated carbocycles. The second-order valence-electron chi connectivity index (χ2n) is 3.31. The lowest BCUT2D eigenvalue weighted by Crippen LogP contribution is -2.07. The van der Waals surface area contributed by atoms with Crippen molar-refractivity contribution in [2.45, 2.75) is 0 Å². The van der Waals surface area contributed by atoms with Gasteiger partial charge in [-0.1, -0.05) is 46.4 Å². The predicted octanol–water partition coefficient (Wildman–Crippen LogP) is 4.66. The van der Waals surface area contributed by atoms with E-state index in [9.17, 15) is 4.79 Å². The molecule has 0 spiro atoms. The second kappa shape index (κ2) is 4.91. The van der Waals surface area contributed by atoms with E-state index in [1.807, 2.05) is 0 Å². The van der Waals surface area contributed by atoms with E-state index < -0.39 is 0 Å². The van der Waals surface area contributed by atoms with Crippen molar-refractivity contribution in [3.8, 4) is 11.1 Å². The lowest BCUT2D eigenvalue weighted by molar-refractivity contribution is 1.24. The van der Waals surface area contributed by atoms with Crippen LogP contribution in [-0.2, 0) is 0 Å². The Balaban J connectivity index is 2.76. The van der Waals surface area contributed by atoms with Gasteiger partial charge < -0.3 is 4.98 Å². The lowest BCUT2D eigenvalue weighted by atomic mass is 10.1. The van der Waals surface area contributed by atoms with Crippen LogP contribution in [0.1, 0.15) is 0 Å². The quantitative estimate of drug-likeness (QED) is 0.764. The molecule has 1 aromatic carbocycles. The minimum Gasteiger partial charge on any atom is -0.327 e. The number of H-pyrrole nitrogens is 1. The van der Waals surface area contributed by atoms with Gasteiger partial charge in [0.1, 0.15) is 0 Å². The zero-order chi connectivity index (χ0) is 12.6. The second-order valence-corrected chi connectivity index (χ2v) is 4.97. The van der Waals surface area contributed by atoms with Crippen LogP contribution >= 0.6 is 46.4 Å². The molecule has 0 aliphatic heterocycles. The number of hydrogen-bond acceptors (Lipinski definition) is 1. The molecule has 0 amide bonds. The average molecular weight is 309 g/mol. The molecule has 0 aliphatic carbocycles. The highest BCUT2D eigenvalue weighted by atomic mass is 35.5. The van der Waals surface area contributed by atoms with Crippen LogP contribution in [0, 0.1) is 0 Å². The Kier molecular flexibility index (Phi) is 3.69. The maximum atomic E-state index is 11.7. The Morgan fingerprint density at radius 1 is 0.882 bits per heavy atom. The van der Waals surface area contributed by atoms with Crippen LogP contribution in [0.4, 0.5) is 0 Å². The summed E-state index contributed by atoms with van der Waals surface area (Å²) in [7, 11) is 0. The van der Waals surface area contributed by atoms with Gasteiger partial charge in [0, 0.05) is 16.8 Å². The van der Waals surface area contributed by atoms with E-state index in [-0.39, 0.29) is 15.6 Å². The van der Waals surface area contributed by atoms with Crippen molar-refractivity contribution in [3.63, 3.8) is 0 Å². The van der Waals surface area contributed by atoms with Gasteiger partial charge in [-0.25, -0.2) is 0 Å². The van der Waals surface area contributed by atoms with Gasteiger partial charge in [0.05, 0.1) is 20.6 Å². The molecule has 0 aliphatic rings. The molecule has 2 nitrogen and oxygen atoms in total. The fraction of sp³-hybridized carbons (Fsp3) is 0. The molecular formula is C11H5Cl4NO. The highest BCUT2D eigenvalue weighted by Crippen LogP contribution is 2.35. The number of hydrogen-bond donors (Lipinski definition) is 1. The molecule has 0 fully saturated rings. The third-order valence-electron chi connectivity index (χ3n) is 2.15. The highest BCUT2D eigenvalue weighted by molar-refractivity contribution is 6.45. The van der Waals surface area contributed by atoms with Crippen molar-refractivity contribution < 1.29 is 0 Å². The van der Waals surface area contributed by atoms with E-state index in [1.165, 1.54) is 18.3 Å². The summed E-state index contributed by atoms with van der Waals surface area (Å²) in [6.45, 7) is 0. The molecular weight excluding hydrogens is 304 g/mol. The third kappa shape index (κ3) is 2.61. The maximum absolute atomic E-state index is 11.7. The van der Waals surface area contributed by atoms with Crippen molar-refractivity contribution in [1.82, 2.24) is 4.98 Å². The monoisotopic (exact) mass is 307 g/mol. The first-order valence-electron chi connectivity index (χ1n) is 4.52. The van der Waals surface area contributed by atoms with Crippen LogP contribution in [0.2, 0.25) is 20.1 Å². The number of rotatable bonds is 1. The minimum atomic E-state index is -0.311. The summed E-state index contributed by atoms with van der Waals surface area (Å²) in [5.41, 5.74) is 0.467. The summed E-state index contributed by atoms with van der Waals surface area (Å²) in [5, 5.41) is 1.35. The number of nitrogens with one attached hydrogen (secondary N) is 1. The molecule has 1 N–H and O–H groups in total. The normalized spacial score (nSPS) is 10.6. The minimum absolute atomic E-state index is 0.267. The summed E-state index contributed by atoms with van der Waals surface area (Å²) >= 11 is 23.6. The van der Waals surface area contributed by atoms with Crippen LogP contribution < -0.4 is 5.56 Å². The van der Waals surface area contributed by atoms with Crippen molar-refractivity contribution >= 4 is 46.4 Å². The molecule has 0 saturated heterocycles. The number of benzene rings is 1. The van der Waals surface area contributed by atoms with Crippen molar-refractivity contribution in [2.24, 2.45) is 0 Å². The van der Waals surface area contributed by atoms with Gasteiger partial charge in [-0.3, -0.25) is 4.79 Å². The SMILES string of the molecule is O=c1[nH]cc(Cl)cc1-c1cc(Cl)cc(Cl)c1Cl. The molecule has 1 heterocycles. The smallest absolute Gasteiger partial charge is 0.255 e. The number of halogens is 4. The van der Waals surface area contributed by atoms with Gasteiger partial charge in [0.2, 0.25) is 0 Å². The molecule has 1 aromatic heterocycles. The first kappa shape index (κ1) is 12.8. The summed E-state index contributed by atoms with van der Waals surface area (Å²) in [6, 6.07) is 4.58. The molecule has 6 heteroatoms. The third-order valence-corrected chi connectivity index (χ3v) is 3.39. The fourth-order valence-electron chi connectivity index (χ4n) is 1.41. The summed E-state index contributed by atoms with van der Waals surface area (Å²) in [6.07, 6.45) is 1.40. The van der Waals surface area contributed by atoms with Crippen molar-refractivity contribution in [2.75, 3.05) is 0 Å². The van der Waals surface area contributed by atoms with Crippen molar-refractivity contribution in [1.29, 1.82) is 0 Å². The first-order chi connectivity index (χ1) is 7.99. The van der Waals surface area contributed by atoms with Gasteiger partial charge in [0.25, 0.3) is 5.56 Å². The van der Waals surface area contributed by atoms with E-state index in [0.29, 0.717) is 21.2 Å². The first-order valence-corrected chi connectivity index (χ1v) is 6.03. The van der Waals surface area contributed by atoms with Crippen LogP contribution in [0.3, 0.4) is 0 Å². The Hall–Kier alpha value is -0.670. The Morgan fingerprint density at radius 2 is 1.53 bits per heavy atom. The van der Waals surface area contributed by atoms with Gasteiger partial charge in [0.15, 0.2) is 0 Å². The summed E-state index contributed by atoms with van der Waals surface area (Å²) in [4.78, 5) is 14.2. The Morgan fingerprint density at radius 3 is 2.24 bits per heavy atom. The predicted molar refractivity (Wildman–Crippen MR) is 72.5 cm³/mol. The molecule has 2 rings (SSSR count). The molecule has 0 unspecified atom stereocenters. The van der Waals surface area contributed by atoms with Gasteiger partial charge >= 0.3 is 0 Å². The number of aromatic nitrogens is 1. The standard InChI is InChI=1S/C11H5Cl4NO/c12-5-1-7(10(15)9(14)3-5)8-2-6(13)4-16-11(8)17/h1-4H,(H,16,17). The van der Waals surface area contributed by atoms with Crippen LogP contribution in [-0.4, -0.2) is 4.98 Å². The Labute approximate surface area is 117 Å². The summed E-state index contributed by atoms with van der Waals surface area (Å²) < 4.78 is 0. The largest absolute Gasteiger partial charge is 0.327 e. The average Bonchev–Trinajstić information content (AvgIpc) is 2.27. The van der Waals surface area contributed by atoms with E-state index >= 15 is 0 Å². The van der Waals surface area contributed by atoms with Crippen LogP contribution in [0.5, 0.6) is 0 Å². The zero-order valence-electron chi connectivity index (χ0n) is 8.23. The molecule has 0 radical (unpaired) electrons. The topological polar surface area (TPSA) is 32.9 Å². The number of aromatic amines is 1. The number of pyridine rings is 1. The van der Waals surface area contributed by atoms with Gasteiger partial charge in [-0.05, 0) is 18.2 Å². The van der Waals surface area contributed by atoms with Crippen LogP contribution in [0.25, 0.3) is 11.1 Å². The maximum Gasteiger partial charge on any atom is 0.255 e. The molecule has 0 bridgehead atoms. The Bertz CT molecular complexity index is 636. The van der Waals surface area contributed by atoms with Crippen LogP contribution in [0.15, 0.2) is 29.2 Å². The molecule has 17 heavy (non-hydrogen) atoms. The summed E-state index contributed by atoms with van der Waals surface area (Å²) in [5.74, 6) is 0. The fourth-order valence-corrected chi connectivity index (χ4v) is 2.28. The van der Waals surface area contributed by atoms with E-state index in [2.05, 4.69) is 4.98 Å². The highest BCUT2D eigenvalue weighted by Gasteiger charge is 2.12. The molecule has 2 aromatic rings. The van der Waals surface area contributed by atoms with E-state index in [1.54, 1.807) is 6.07 Å². The molecule has 88 valence electrons. The van der Waals surface area contributed by atoms with E-state index in [0.717, 1.165) is 0 Å². The zero-order valence-corrected chi connectivity index (χ0v) is 11.3.